The van der Waals surface area contributed by atoms with Crippen LogP contribution in [0, 0.1) is 13.8 Å². The topological polar surface area (TPSA) is 21.3 Å². The predicted octanol–water partition coefficient (Wildman–Crippen LogP) is 2.61. The molecule has 1 aromatic rings. The molecule has 1 fully saturated rings. The van der Waals surface area contributed by atoms with Gasteiger partial charge in [-0.25, -0.2) is 0 Å². The molecule has 1 aromatic carbocycles. The van der Waals surface area contributed by atoms with Crippen molar-refractivity contribution < 1.29 is 4.74 Å². The number of hydrogen-bond acceptors (Lipinski definition) is 2. The fourth-order valence-electron chi connectivity index (χ4n) is 2.69. The smallest absolute Gasteiger partial charge is 0.0483 e. The number of ether oxygens (including phenoxy) is 1. The Balaban J connectivity index is 2.17. The van der Waals surface area contributed by atoms with E-state index in [0.29, 0.717) is 0 Å². The largest absolute Gasteiger partial charge is 0.381 e. The summed E-state index contributed by atoms with van der Waals surface area (Å²) in [5.41, 5.74) is 4.45. The first-order chi connectivity index (χ1) is 8.15. The molecule has 1 saturated heterocycles. The summed E-state index contributed by atoms with van der Waals surface area (Å²) < 4.78 is 5.47. The fourth-order valence-corrected chi connectivity index (χ4v) is 2.69. The molecule has 2 rings (SSSR count). The Bertz CT molecular complexity index is 381. The van der Waals surface area contributed by atoms with Gasteiger partial charge in [0, 0.05) is 18.8 Å². The maximum absolute atomic E-state index is 5.47. The van der Waals surface area contributed by atoms with Gasteiger partial charge >= 0.3 is 0 Å². The van der Waals surface area contributed by atoms with E-state index in [1.165, 1.54) is 16.7 Å². The Morgan fingerprint density at radius 1 is 1.24 bits per heavy atom. The molecule has 0 unspecified atom stereocenters. The number of nitrogens with one attached hydrogen (secondary N) is 1. The first kappa shape index (κ1) is 12.6. The van der Waals surface area contributed by atoms with Gasteiger partial charge in [-0.1, -0.05) is 23.8 Å². The molecule has 2 nitrogen and oxygen atoms in total. The summed E-state index contributed by atoms with van der Waals surface area (Å²) in [5.74, 6) is 0. The van der Waals surface area contributed by atoms with Gasteiger partial charge in [-0.3, -0.25) is 0 Å². The maximum atomic E-state index is 5.47. The number of rotatable bonds is 3. The summed E-state index contributed by atoms with van der Waals surface area (Å²) >= 11 is 0. The number of benzene rings is 1. The first-order valence-electron chi connectivity index (χ1n) is 6.48. The van der Waals surface area contributed by atoms with E-state index in [2.05, 4.69) is 44.4 Å². The lowest BCUT2D eigenvalue weighted by atomic mass is 9.82. The molecule has 0 atom stereocenters. The van der Waals surface area contributed by atoms with Crippen LogP contribution in [0.5, 0.6) is 0 Å². The predicted molar refractivity (Wildman–Crippen MR) is 71.5 cm³/mol. The molecular formula is C15H23NO. The van der Waals surface area contributed by atoms with Crippen LogP contribution in [-0.2, 0) is 11.2 Å². The SMILES string of the molecule is CNC1(Cc2ccc(C)cc2C)CCOCC1. The Hall–Kier alpha value is -0.860. The van der Waals surface area contributed by atoms with E-state index >= 15 is 0 Å². The van der Waals surface area contributed by atoms with E-state index in [1.54, 1.807) is 0 Å². The fraction of sp³-hybridized carbons (Fsp3) is 0.600. The average Bonchev–Trinajstić information content (AvgIpc) is 2.34. The third-order valence-electron chi connectivity index (χ3n) is 4.01. The minimum Gasteiger partial charge on any atom is -0.381 e. The number of likely N-dealkylation sites (N-methyl/N-ethyl adjacent to an activating group) is 1. The standard InChI is InChI=1S/C15H23NO/c1-12-4-5-14(13(2)10-12)11-15(16-3)6-8-17-9-7-15/h4-5,10,16H,6-9,11H2,1-3H3. The average molecular weight is 233 g/mol. The van der Waals surface area contributed by atoms with E-state index in [4.69, 9.17) is 4.74 Å². The monoisotopic (exact) mass is 233 g/mol. The van der Waals surface area contributed by atoms with Crippen LogP contribution in [-0.4, -0.2) is 25.8 Å². The molecule has 0 aliphatic carbocycles. The zero-order valence-electron chi connectivity index (χ0n) is 11.2. The Morgan fingerprint density at radius 2 is 1.94 bits per heavy atom. The molecule has 17 heavy (non-hydrogen) atoms. The van der Waals surface area contributed by atoms with E-state index in [1.807, 2.05) is 0 Å². The summed E-state index contributed by atoms with van der Waals surface area (Å²) in [6.07, 6.45) is 3.33. The highest BCUT2D eigenvalue weighted by Gasteiger charge is 2.31. The highest BCUT2D eigenvalue weighted by Crippen LogP contribution is 2.26. The van der Waals surface area contributed by atoms with Crippen molar-refractivity contribution in [1.82, 2.24) is 5.32 Å². The molecule has 0 aromatic heterocycles. The summed E-state index contributed by atoms with van der Waals surface area (Å²) in [4.78, 5) is 0. The van der Waals surface area contributed by atoms with E-state index < -0.39 is 0 Å². The maximum Gasteiger partial charge on any atom is 0.0483 e. The molecule has 1 aliphatic heterocycles. The first-order valence-corrected chi connectivity index (χ1v) is 6.48. The Kier molecular flexibility index (Phi) is 3.85. The number of hydrogen-bond donors (Lipinski definition) is 1. The quantitative estimate of drug-likeness (QED) is 0.866. The molecular weight excluding hydrogens is 210 g/mol. The highest BCUT2D eigenvalue weighted by atomic mass is 16.5. The molecule has 1 N–H and O–H groups in total. The minimum atomic E-state index is 0.234. The third-order valence-corrected chi connectivity index (χ3v) is 4.01. The lowest BCUT2D eigenvalue weighted by Gasteiger charge is -2.37. The van der Waals surface area contributed by atoms with Crippen LogP contribution >= 0.6 is 0 Å². The van der Waals surface area contributed by atoms with Gasteiger partial charge in [-0.05, 0) is 51.3 Å². The van der Waals surface area contributed by atoms with Gasteiger partial charge in [-0.2, -0.15) is 0 Å². The Morgan fingerprint density at radius 3 is 2.53 bits per heavy atom. The summed E-state index contributed by atoms with van der Waals surface area (Å²) in [7, 11) is 2.08. The van der Waals surface area contributed by atoms with Crippen molar-refractivity contribution in [3.05, 3.63) is 34.9 Å². The molecule has 0 amide bonds. The van der Waals surface area contributed by atoms with Gasteiger partial charge < -0.3 is 10.1 Å². The second-order valence-electron chi connectivity index (χ2n) is 5.25. The third kappa shape index (κ3) is 2.88. The number of aryl methyl sites for hydroxylation is 2. The molecule has 1 heterocycles. The zero-order valence-corrected chi connectivity index (χ0v) is 11.2. The summed E-state index contributed by atoms with van der Waals surface area (Å²) in [5, 5.41) is 3.53. The van der Waals surface area contributed by atoms with E-state index in [-0.39, 0.29) is 5.54 Å². The van der Waals surface area contributed by atoms with Crippen molar-refractivity contribution in [2.24, 2.45) is 0 Å². The van der Waals surface area contributed by atoms with Crippen molar-refractivity contribution in [1.29, 1.82) is 0 Å². The lowest BCUT2D eigenvalue weighted by molar-refractivity contribution is 0.0412. The minimum absolute atomic E-state index is 0.234. The van der Waals surface area contributed by atoms with Crippen molar-refractivity contribution in [2.45, 2.75) is 38.6 Å². The Labute approximate surface area is 104 Å². The van der Waals surface area contributed by atoms with Crippen molar-refractivity contribution >= 4 is 0 Å². The second-order valence-corrected chi connectivity index (χ2v) is 5.25. The van der Waals surface area contributed by atoms with Crippen molar-refractivity contribution in [3.63, 3.8) is 0 Å². The molecule has 0 radical (unpaired) electrons. The normalized spacial score (nSPS) is 19.2. The van der Waals surface area contributed by atoms with E-state index in [9.17, 15) is 0 Å². The molecule has 0 bridgehead atoms. The van der Waals surface area contributed by atoms with Gasteiger partial charge in [0.1, 0.15) is 0 Å². The van der Waals surface area contributed by atoms with Crippen LogP contribution in [0.15, 0.2) is 18.2 Å². The second kappa shape index (κ2) is 5.19. The summed E-state index contributed by atoms with van der Waals surface area (Å²) in [6.45, 7) is 6.13. The van der Waals surface area contributed by atoms with Gasteiger partial charge in [0.2, 0.25) is 0 Å². The van der Waals surface area contributed by atoms with Crippen molar-refractivity contribution in [3.8, 4) is 0 Å². The van der Waals surface area contributed by atoms with Gasteiger partial charge in [0.05, 0.1) is 0 Å². The van der Waals surface area contributed by atoms with Crippen LogP contribution in [0.2, 0.25) is 0 Å². The zero-order chi connectivity index (χ0) is 12.3. The molecule has 94 valence electrons. The van der Waals surface area contributed by atoms with Crippen LogP contribution in [0.4, 0.5) is 0 Å². The lowest BCUT2D eigenvalue weighted by Crippen LogP contribution is -2.49. The van der Waals surface area contributed by atoms with Crippen LogP contribution in [0.3, 0.4) is 0 Å². The van der Waals surface area contributed by atoms with Crippen LogP contribution in [0.25, 0.3) is 0 Å². The molecule has 0 spiro atoms. The summed E-state index contributed by atoms with van der Waals surface area (Å²) in [6, 6.07) is 6.77. The van der Waals surface area contributed by atoms with Crippen LogP contribution in [0.1, 0.15) is 29.5 Å². The molecule has 0 saturated carbocycles. The van der Waals surface area contributed by atoms with Gasteiger partial charge in [-0.15, -0.1) is 0 Å². The van der Waals surface area contributed by atoms with E-state index in [0.717, 1.165) is 32.5 Å². The van der Waals surface area contributed by atoms with Gasteiger partial charge in [0.15, 0.2) is 0 Å². The molecule has 2 heteroatoms. The van der Waals surface area contributed by atoms with Crippen LogP contribution < -0.4 is 5.32 Å². The molecule has 1 aliphatic rings. The van der Waals surface area contributed by atoms with Crippen molar-refractivity contribution in [2.75, 3.05) is 20.3 Å². The van der Waals surface area contributed by atoms with Gasteiger partial charge in [0.25, 0.3) is 0 Å². The highest BCUT2D eigenvalue weighted by molar-refractivity contribution is 5.32.